The number of methoxy groups -OCH3 is 2. The van der Waals surface area contributed by atoms with Crippen LogP contribution in [0.5, 0.6) is 11.5 Å². The summed E-state index contributed by atoms with van der Waals surface area (Å²) in [6, 6.07) is 12.2. The Bertz CT molecular complexity index is 931. The van der Waals surface area contributed by atoms with Crippen LogP contribution in [0.4, 0.5) is 17.3 Å². The van der Waals surface area contributed by atoms with Crippen molar-refractivity contribution in [3.05, 3.63) is 65.4 Å². The quantitative estimate of drug-likeness (QED) is 0.664. The summed E-state index contributed by atoms with van der Waals surface area (Å²) in [6.45, 7) is 0. The second-order valence-electron chi connectivity index (χ2n) is 5.45. The minimum atomic E-state index is -0.310. The zero-order chi connectivity index (χ0) is 19.2. The number of benzene rings is 2. The molecular formula is C19H17ClN4O3. The molecule has 3 aromatic rings. The average molecular weight is 385 g/mol. The number of anilines is 3. The van der Waals surface area contributed by atoms with Crippen molar-refractivity contribution in [3.63, 3.8) is 0 Å². The zero-order valence-electron chi connectivity index (χ0n) is 14.7. The number of carbonyl (C=O) groups excluding carboxylic acids is 1. The van der Waals surface area contributed by atoms with E-state index in [1.54, 1.807) is 50.6 Å². The lowest BCUT2D eigenvalue weighted by Gasteiger charge is -2.10. The Balaban J connectivity index is 1.68. The average Bonchev–Trinajstić information content (AvgIpc) is 2.70. The molecule has 2 aromatic carbocycles. The predicted molar refractivity (Wildman–Crippen MR) is 104 cm³/mol. The Kier molecular flexibility index (Phi) is 5.73. The van der Waals surface area contributed by atoms with Crippen molar-refractivity contribution in [3.8, 4) is 11.5 Å². The Morgan fingerprint density at radius 1 is 0.926 bits per heavy atom. The van der Waals surface area contributed by atoms with E-state index in [0.29, 0.717) is 33.7 Å². The number of hydrogen-bond donors (Lipinski definition) is 2. The standard InChI is InChI=1S/C19H17ClN4O3/c1-26-16-8-7-15(9-17(16)27-2)24-19-21-10-12(11-22-19)18(25)23-14-5-3-13(20)4-6-14/h3-11H,1-2H3,(H,23,25)(H,21,22,24). The van der Waals surface area contributed by atoms with Gasteiger partial charge in [0.1, 0.15) is 0 Å². The third-order valence-electron chi connectivity index (χ3n) is 3.66. The van der Waals surface area contributed by atoms with E-state index < -0.39 is 0 Å². The van der Waals surface area contributed by atoms with Crippen LogP contribution in [0.15, 0.2) is 54.9 Å². The SMILES string of the molecule is COc1ccc(Nc2ncc(C(=O)Nc3ccc(Cl)cc3)cn2)cc1OC. The van der Waals surface area contributed by atoms with Crippen LogP contribution in [0.3, 0.4) is 0 Å². The van der Waals surface area contributed by atoms with E-state index >= 15 is 0 Å². The van der Waals surface area contributed by atoms with Gasteiger partial charge >= 0.3 is 0 Å². The number of amides is 1. The van der Waals surface area contributed by atoms with Crippen molar-refractivity contribution >= 4 is 34.8 Å². The van der Waals surface area contributed by atoms with E-state index in [9.17, 15) is 4.79 Å². The highest BCUT2D eigenvalue weighted by Gasteiger charge is 2.09. The van der Waals surface area contributed by atoms with Crippen LogP contribution in [0.25, 0.3) is 0 Å². The lowest BCUT2D eigenvalue weighted by molar-refractivity contribution is 0.102. The molecule has 3 rings (SSSR count). The number of ether oxygens (including phenoxy) is 2. The van der Waals surface area contributed by atoms with Gasteiger partial charge in [0, 0.05) is 34.9 Å². The van der Waals surface area contributed by atoms with Crippen LogP contribution in [0, 0.1) is 0 Å². The largest absolute Gasteiger partial charge is 0.493 e. The molecule has 2 N–H and O–H groups in total. The van der Waals surface area contributed by atoms with Crippen LogP contribution in [-0.4, -0.2) is 30.1 Å². The molecule has 1 aromatic heterocycles. The molecule has 138 valence electrons. The number of aromatic nitrogens is 2. The summed E-state index contributed by atoms with van der Waals surface area (Å²) in [5.41, 5.74) is 1.70. The summed E-state index contributed by atoms with van der Waals surface area (Å²) < 4.78 is 10.5. The summed E-state index contributed by atoms with van der Waals surface area (Å²) in [5.74, 6) is 1.25. The molecular weight excluding hydrogens is 368 g/mol. The number of nitrogens with zero attached hydrogens (tertiary/aromatic N) is 2. The van der Waals surface area contributed by atoms with Gasteiger partial charge in [0.25, 0.3) is 5.91 Å². The van der Waals surface area contributed by atoms with Gasteiger partial charge in [-0.3, -0.25) is 4.79 Å². The molecule has 0 aliphatic carbocycles. The first-order valence-electron chi connectivity index (χ1n) is 7.97. The van der Waals surface area contributed by atoms with Gasteiger partial charge < -0.3 is 20.1 Å². The van der Waals surface area contributed by atoms with Crippen LogP contribution < -0.4 is 20.1 Å². The first-order chi connectivity index (χ1) is 13.1. The molecule has 0 bridgehead atoms. The van der Waals surface area contributed by atoms with Crippen molar-refractivity contribution in [1.82, 2.24) is 9.97 Å². The summed E-state index contributed by atoms with van der Waals surface area (Å²) in [7, 11) is 3.13. The highest BCUT2D eigenvalue weighted by molar-refractivity contribution is 6.30. The highest BCUT2D eigenvalue weighted by Crippen LogP contribution is 2.30. The van der Waals surface area contributed by atoms with Crippen LogP contribution in [0.1, 0.15) is 10.4 Å². The molecule has 1 amide bonds. The monoisotopic (exact) mass is 384 g/mol. The molecule has 0 radical (unpaired) electrons. The second kappa shape index (κ2) is 8.37. The third-order valence-corrected chi connectivity index (χ3v) is 3.91. The fourth-order valence-electron chi connectivity index (χ4n) is 2.29. The summed E-state index contributed by atoms with van der Waals surface area (Å²) in [4.78, 5) is 20.6. The summed E-state index contributed by atoms with van der Waals surface area (Å²) >= 11 is 5.83. The molecule has 0 aliphatic heterocycles. The Labute approximate surface area is 161 Å². The van der Waals surface area contributed by atoms with E-state index in [4.69, 9.17) is 21.1 Å². The number of hydrogen-bond acceptors (Lipinski definition) is 6. The number of halogens is 1. The van der Waals surface area contributed by atoms with Gasteiger partial charge in [0.05, 0.1) is 19.8 Å². The van der Waals surface area contributed by atoms with Crippen LogP contribution in [-0.2, 0) is 0 Å². The van der Waals surface area contributed by atoms with Crippen molar-refractivity contribution in [2.24, 2.45) is 0 Å². The van der Waals surface area contributed by atoms with E-state index in [1.807, 2.05) is 6.07 Å². The smallest absolute Gasteiger partial charge is 0.258 e. The fraction of sp³-hybridized carbons (Fsp3) is 0.105. The topological polar surface area (TPSA) is 85.4 Å². The molecule has 0 atom stereocenters. The van der Waals surface area contributed by atoms with Gasteiger partial charge in [0.15, 0.2) is 11.5 Å². The highest BCUT2D eigenvalue weighted by atomic mass is 35.5. The maximum absolute atomic E-state index is 12.2. The second-order valence-corrected chi connectivity index (χ2v) is 5.89. The minimum Gasteiger partial charge on any atom is -0.493 e. The van der Waals surface area contributed by atoms with Crippen molar-refractivity contribution < 1.29 is 14.3 Å². The van der Waals surface area contributed by atoms with Gasteiger partial charge in [0.2, 0.25) is 5.95 Å². The maximum Gasteiger partial charge on any atom is 0.258 e. The zero-order valence-corrected chi connectivity index (χ0v) is 15.4. The Hall–Kier alpha value is -3.32. The van der Waals surface area contributed by atoms with Gasteiger partial charge in [-0.25, -0.2) is 9.97 Å². The van der Waals surface area contributed by atoms with Crippen LogP contribution in [0.2, 0.25) is 5.02 Å². The molecule has 0 fully saturated rings. The maximum atomic E-state index is 12.2. The first kappa shape index (κ1) is 18.5. The van der Waals surface area contributed by atoms with Gasteiger partial charge in [-0.2, -0.15) is 0 Å². The van der Waals surface area contributed by atoms with Crippen molar-refractivity contribution in [1.29, 1.82) is 0 Å². The fourth-order valence-corrected chi connectivity index (χ4v) is 2.42. The molecule has 8 heteroatoms. The molecule has 7 nitrogen and oxygen atoms in total. The van der Waals surface area contributed by atoms with E-state index in [0.717, 1.165) is 5.69 Å². The van der Waals surface area contributed by atoms with Gasteiger partial charge in [-0.05, 0) is 36.4 Å². The number of rotatable bonds is 6. The number of carbonyl (C=O) groups is 1. The van der Waals surface area contributed by atoms with Gasteiger partial charge in [-0.1, -0.05) is 11.6 Å². The molecule has 27 heavy (non-hydrogen) atoms. The normalized spacial score (nSPS) is 10.2. The Morgan fingerprint density at radius 3 is 2.19 bits per heavy atom. The molecule has 0 aliphatic rings. The number of nitrogens with one attached hydrogen (secondary N) is 2. The lowest BCUT2D eigenvalue weighted by atomic mass is 10.2. The molecule has 0 spiro atoms. The van der Waals surface area contributed by atoms with Gasteiger partial charge in [-0.15, -0.1) is 0 Å². The van der Waals surface area contributed by atoms with Crippen molar-refractivity contribution in [2.75, 3.05) is 24.9 Å². The third kappa shape index (κ3) is 4.65. The molecule has 0 saturated carbocycles. The molecule has 0 unspecified atom stereocenters. The van der Waals surface area contributed by atoms with Crippen LogP contribution >= 0.6 is 11.6 Å². The predicted octanol–water partition coefficient (Wildman–Crippen LogP) is 4.14. The van der Waals surface area contributed by atoms with Crippen molar-refractivity contribution in [2.45, 2.75) is 0 Å². The van der Waals surface area contributed by atoms with E-state index in [1.165, 1.54) is 12.4 Å². The van der Waals surface area contributed by atoms with E-state index in [-0.39, 0.29) is 5.91 Å². The molecule has 1 heterocycles. The first-order valence-corrected chi connectivity index (χ1v) is 8.35. The lowest BCUT2D eigenvalue weighted by Crippen LogP contribution is -2.13. The van der Waals surface area contributed by atoms with E-state index in [2.05, 4.69) is 20.6 Å². The Morgan fingerprint density at radius 2 is 1.56 bits per heavy atom. The summed E-state index contributed by atoms with van der Waals surface area (Å²) in [6.07, 6.45) is 2.89. The minimum absolute atomic E-state index is 0.310. The molecule has 0 saturated heterocycles. The summed E-state index contributed by atoms with van der Waals surface area (Å²) in [5, 5.41) is 6.40.